The largest absolute Gasteiger partial charge is 0.463 e. The maximum Gasteiger partial charge on any atom is 0.303 e. The molecule has 1 saturated heterocycles. The van der Waals surface area contributed by atoms with Crippen molar-refractivity contribution in [1.29, 1.82) is 0 Å². The third-order valence-electron chi connectivity index (χ3n) is 2.93. The molecule has 0 spiro atoms. The van der Waals surface area contributed by atoms with Gasteiger partial charge in [-0.3, -0.25) is 19.2 Å². The molecule has 0 aliphatic carbocycles. The molecule has 0 aromatic heterocycles. The maximum atomic E-state index is 14.2. The first-order chi connectivity index (χ1) is 11.1. The first-order valence-corrected chi connectivity index (χ1v) is 7.06. The molecule has 1 heterocycles. The number of carbonyl (C=O) groups excluding carboxylic acids is 4. The minimum atomic E-state index is -2.18. The molecule has 0 radical (unpaired) electrons. The van der Waals surface area contributed by atoms with E-state index in [1.807, 2.05) is 0 Å². The van der Waals surface area contributed by atoms with E-state index in [0.717, 1.165) is 27.7 Å². The van der Waals surface area contributed by atoms with E-state index in [-0.39, 0.29) is 0 Å². The molecule has 24 heavy (non-hydrogen) atoms. The highest BCUT2D eigenvalue weighted by atomic mass is 19.1. The third kappa shape index (κ3) is 5.76. The molecule has 0 saturated carbocycles. The average molecular weight is 350 g/mol. The molecule has 0 unspecified atom stereocenters. The lowest BCUT2D eigenvalue weighted by Crippen LogP contribution is -2.61. The van der Waals surface area contributed by atoms with Crippen LogP contribution in [0.15, 0.2) is 0 Å². The lowest BCUT2D eigenvalue weighted by Gasteiger charge is -2.41. The van der Waals surface area contributed by atoms with Gasteiger partial charge in [-0.2, -0.15) is 0 Å². The van der Waals surface area contributed by atoms with Crippen LogP contribution in [0, 0.1) is 0 Å². The van der Waals surface area contributed by atoms with E-state index in [4.69, 9.17) is 23.7 Å². The molecule has 0 aromatic carbocycles. The van der Waals surface area contributed by atoms with Crippen LogP contribution in [0.25, 0.3) is 0 Å². The maximum absolute atomic E-state index is 14.2. The average Bonchev–Trinajstić information content (AvgIpc) is 2.42. The van der Waals surface area contributed by atoms with E-state index in [2.05, 4.69) is 0 Å². The fourth-order valence-corrected chi connectivity index (χ4v) is 2.18. The van der Waals surface area contributed by atoms with Gasteiger partial charge in [0.2, 0.25) is 6.36 Å². The van der Waals surface area contributed by atoms with Crippen LogP contribution in [0.1, 0.15) is 27.7 Å². The number of carbonyl (C=O) groups is 4. The summed E-state index contributed by atoms with van der Waals surface area (Å²) in [7, 11) is 0. The highest BCUT2D eigenvalue weighted by molar-refractivity contribution is 5.68. The minimum absolute atomic E-state index is 0.446. The van der Waals surface area contributed by atoms with Gasteiger partial charge in [0, 0.05) is 27.7 Å². The summed E-state index contributed by atoms with van der Waals surface area (Å²) in [5.74, 6) is -3.09. The van der Waals surface area contributed by atoms with E-state index in [1.165, 1.54) is 0 Å². The molecule has 5 atom stereocenters. The highest BCUT2D eigenvalue weighted by Gasteiger charge is 2.52. The van der Waals surface area contributed by atoms with Crippen molar-refractivity contribution in [1.82, 2.24) is 0 Å². The Balaban J connectivity index is 3.11. The standard InChI is InChI=1S/C14H19FO9/c1-6(16)20-5-10-11(21-7(2)17)12(22-8(3)18)13(14(15)24-10)23-9(4)19/h10-14H,5H2,1-4H3/t10-,11-,12+,13+,14-/m1/s1. The van der Waals surface area contributed by atoms with Crippen molar-refractivity contribution in [3.63, 3.8) is 0 Å². The molecule has 1 aliphatic heterocycles. The normalized spacial score (nSPS) is 29.3. The van der Waals surface area contributed by atoms with Gasteiger partial charge in [-0.05, 0) is 0 Å². The Kier molecular flexibility index (Phi) is 7.08. The number of rotatable bonds is 5. The first-order valence-electron chi connectivity index (χ1n) is 7.06. The monoisotopic (exact) mass is 350 g/mol. The Hall–Kier alpha value is -2.23. The zero-order valence-electron chi connectivity index (χ0n) is 13.6. The molecule has 0 N–H and O–H groups in total. The molecular formula is C14H19FO9. The summed E-state index contributed by atoms with van der Waals surface area (Å²) in [4.78, 5) is 44.7. The second kappa shape index (κ2) is 8.57. The van der Waals surface area contributed by atoms with Crippen molar-refractivity contribution in [2.45, 2.75) is 58.5 Å². The topological polar surface area (TPSA) is 114 Å². The Morgan fingerprint density at radius 2 is 1.25 bits per heavy atom. The van der Waals surface area contributed by atoms with E-state index >= 15 is 0 Å². The molecule has 1 rings (SSSR count). The van der Waals surface area contributed by atoms with Gasteiger partial charge in [0.1, 0.15) is 12.7 Å². The number of hydrogen-bond donors (Lipinski definition) is 0. The number of ether oxygens (including phenoxy) is 5. The van der Waals surface area contributed by atoms with Crippen molar-refractivity contribution in [2.24, 2.45) is 0 Å². The Labute approximate surface area is 137 Å². The van der Waals surface area contributed by atoms with Gasteiger partial charge in [-0.25, -0.2) is 4.39 Å². The minimum Gasteiger partial charge on any atom is -0.463 e. The number of esters is 4. The summed E-state index contributed by atoms with van der Waals surface area (Å²) >= 11 is 0. The van der Waals surface area contributed by atoms with Gasteiger partial charge in [-0.15, -0.1) is 0 Å². The fraction of sp³-hybridized carbons (Fsp3) is 0.714. The van der Waals surface area contributed by atoms with Crippen molar-refractivity contribution in [3.05, 3.63) is 0 Å². The number of halogens is 1. The summed E-state index contributed by atoms with van der Waals surface area (Å²) in [6.45, 7) is 3.85. The van der Waals surface area contributed by atoms with Crippen molar-refractivity contribution in [3.8, 4) is 0 Å². The van der Waals surface area contributed by atoms with E-state index in [9.17, 15) is 23.6 Å². The molecule has 1 fully saturated rings. The van der Waals surface area contributed by atoms with Crippen LogP contribution < -0.4 is 0 Å². The smallest absolute Gasteiger partial charge is 0.303 e. The summed E-state index contributed by atoms with van der Waals surface area (Å²) in [5.41, 5.74) is 0. The van der Waals surface area contributed by atoms with Gasteiger partial charge < -0.3 is 23.7 Å². The van der Waals surface area contributed by atoms with Gasteiger partial charge in [0.15, 0.2) is 18.3 Å². The SMILES string of the molecule is CC(=O)OC[C@H]1O[C@@H](F)[C@@H](OC(C)=O)[C@@H](OC(C)=O)[C@@H]1OC(C)=O. The lowest BCUT2D eigenvalue weighted by molar-refractivity contribution is -0.277. The van der Waals surface area contributed by atoms with Gasteiger partial charge in [0.25, 0.3) is 0 Å². The highest BCUT2D eigenvalue weighted by Crippen LogP contribution is 2.29. The van der Waals surface area contributed by atoms with E-state index < -0.39 is 61.3 Å². The van der Waals surface area contributed by atoms with Gasteiger partial charge >= 0.3 is 23.9 Å². The van der Waals surface area contributed by atoms with Crippen LogP contribution in [0.2, 0.25) is 0 Å². The van der Waals surface area contributed by atoms with Gasteiger partial charge in [-0.1, -0.05) is 0 Å². The second-order valence-corrected chi connectivity index (χ2v) is 5.05. The van der Waals surface area contributed by atoms with Gasteiger partial charge in [0.05, 0.1) is 0 Å². The summed E-state index contributed by atoms with van der Waals surface area (Å²) < 4.78 is 38.7. The zero-order chi connectivity index (χ0) is 18.4. The van der Waals surface area contributed by atoms with Crippen LogP contribution in [0.3, 0.4) is 0 Å². The lowest BCUT2D eigenvalue weighted by atomic mass is 9.98. The zero-order valence-corrected chi connectivity index (χ0v) is 13.6. The van der Waals surface area contributed by atoms with Crippen LogP contribution in [0.5, 0.6) is 0 Å². The molecule has 1 aliphatic rings. The molecule has 10 heteroatoms. The summed E-state index contributed by atoms with van der Waals surface area (Å²) in [5, 5.41) is 0. The molecule has 0 bridgehead atoms. The number of alkyl halides is 1. The Bertz CT molecular complexity index is 506. The quantitative estimate of drug-likeness (QED) is 0.500. The van der Waals surface area contributed by atoms with Crippen LogP contribution in [-0.4, -0.2) is 61.3 Å². The molecule has 136 valence electrons. The number of hydrogen-bond acceptors (Lipinski definition) is 9. The summed E-state index contributed by atoms with van der Waals surface area (Å²) in [6.07, 6.45) is -7.85. The van der Waals surface area contributed by atoms with Crippen LogP contribution >= 0.6 is 0 Å². The Morgan fingerprint density at radius 3 is 1.71 bits per heavy atom. The second-order valence-electron chi connectivity index (χ2n) is 5.05. The fourth-order valence-electron chi connectivity index (χ4n) is 2.18. The van der Waals surface area contributed by atoms with E-state index in [1.54, 1.807) is 0 Å². The first kappa shape index (κ1) is 19.8. The van der Waals surface area contributed by atoms with Crippen LogP contribution in [0.4, 0.5) is 4.39 Å². The molecular weight excluding hydrogens is 331 g/mol. The Morgan fingerprint density at radius 1 is 0.792 bits per heavy atom. The predicted octanol–water partition coefficient (Wildman–Crippen LogP) is 0.0390. The summed E-state index contributed by atoms with van der Waals surface area (Å²) in [6, 6.07) is 0. The molecule has 0 aromatic rings. The van der Waals surface area contributed by atoms with Crippen molar-refractivity contribution in [2.75, 3.05) is 6.61 Å². The molecule has 0 amide bonds. The van der Waals surface area contributed by atoms with Crippen LogP contribution in [-0.2, 0) is 42.9 Å². The van der Waals surface area contributed by atoms with Crippen molar-refractivity contribution < 1.29 is 47.3 Å². The third-order valence-corrected chi connectivity index (χ3v) is 2.93. The van der Waals surface area contributed by atoms with Crippen molar-refractivity contribution >= 4 is 23.9 Å². The predicted molar refractivity (Wildman–Crippen MR) is 73.1 cm³/mol. The molecule has 9 nitrogen and oxygen atoms in total. The van der Waals surface area contributed by atoms with E-state index in [0.29, 0.717) is 0 Å².